The van der Waals surface area contributed by atoms with Crippen LogP contribution in [0.5, 0.6) is 0 Å². The van der Waals surface area contributed by atoms with E-state index in [0.29, 0.717) is 5.92 Å². The largest absolute Gasteiger partial charge is 0.416 e. The van der Waals surface area contributed by atoms with E-state index < -0.39 is 17.6 Å². The third-order valence-corrected chi connectivity index (χ3v) is 7.00. The van der Waals surface area contributed by atoms with Crippen molar-refractivity contribution < 1.29 is 18.0 Å². The molecule has 1 fully saturated rings. The molecule has 4 rings (SSSR count). The van der Waals surface area contributed by atoms with Crippen LogP contribution < -0.4 is 10.2 Å². The molecule has 1 aliphatic carbocycles. The number of nitrogens with zero attached hydrogens (tertiary/aromatic N) is 2. The van der Waals surface area contributed by atoms with E-state index in [2.05, 4.69) is 33.4 Å². The Morgan fingerprint density at radius 2 is 1.83 bits per heavy atom. The molecule has 0 bridgehead atoms. The maximum Gasteiger partial charge on any atom is 0.416 e. The van der Waals surface area contributed by atoms with Gasteiger partial charge in [-0.2, -0.15) is 18.3 Å². The number of H-pyrrole nitrogens is 1. The van der Waals surface area contributed by atoms with Crippen LogP contribution in [0.3, 0.4) is 0 Å². The molecule has 3 aromatic rings. The normalized spacial score (nSPS) is 18.1. The molecule has 0 aliphatic heterocycles. The van der Waals surface area contributed by atoms with Crippen molar-refractivity contribution in [2.75, 3.05) is 18.0 Å². The average molecular weight is 519 g/mol. The predicted octanol–water partition coefficient (Wildman–Crippen LogP) is 6.95. The lowest BCUT2D eigenvalue weighted by molar-refractivity contribution is -0.137. The topological polar surface area (TPSA) is 61.0 Å². The number of anilines is 1. The molecule has 0 spiro atoms. The highest BCUT2D eigenvalue weighted by Crippen LogP contribution is 2.32. The van der Waals surface area contributed by atoms with Gasteiger partial charge in [0.1, 0.15) is 0 Å². The van der Waals surface area contributed by atoms with Crippen molar-refractivity contribution in [2.45, 2.75) is 51.2 Å². The molecule has 9 heteroatoms. The summed E-state index contributed by atoms with van der Waals surface area (Å²) in [6.45, 7) is 3.90. The van der Waals surface area contributed by atoms with E-state index in [-0.39, 0.29) is 16.6 Å². The number of hydrogen-bond donors (Lipinski definition) is 2. The van der Waals surface area contributed by atoms with Crippen LogP contribution in [-0.4, -0.2) is 35.2 Å². The highest BCUT2D eigenvalue weighted by Gasteiger charge is 2.32. The Balaban J connectivity index is 1.34. The molecule has 5 nitrogen and oxygen atoms in total. The van der Waals surface area contributed by atoms with Gasteiger partial charge in [0.15, 0.2) is 5.82 Å². The van der Waals surface area contributed by atoms with Crippen molar-refractivity contribution in [2.24, 2.45) is 5.92 Å². The summed E-state index contributed by atoms with van der Waals surface area (Å²) in [5.41, 5.74) is 1.04. The van der Waals surface area contributed by atoms with Gasteiger partial charge in [0.05, 0.1) is 21.8 Å². The van der Waals surface area contributed by atoms with Crippen LogP contribution in [0.15, 0.2) is 54.6 Å². The standard InChI is InChI=1S/C27H30ClF3N4O/c1-2-14-35(25-16-24(33-34-25)19-6-4-3-5-7-19)17-18-8-11-21(12-9-18)32-26(36)22-15-20(27(29,30)31)10-13-23(22)28/h3-7,10,13,15-16,18,21H,2,8-9,11-12,14,17H2,1H3,(H,32,36)(H,33,34). The predicted molar refractivity (Wildman–Crippen MR) is 136 cm³/mol. The van der Waals surface area contributed by atoms with Crippen molar-refractivity contribution in [3.05, 3.63) is 70.7 Å². The lowest BCUT2D eigenvalue weighted by atomic mass is 9.85. The molecule has 1 heterocycles. The third kappa shape index (κ3) is 6.40. The fourth-order valence-corrected chi connectivity index (χ4v) is 4.95. The van der Waals surface area contributed by atoms with E-state index in [9.17, 15) is 18.0 Å². The number of halogens is 4. The average Bonchev–Trinajstić information content (AvgIpc) is 3.35. The molecule has 0 saturated heterocycles. The van der Waals surface area contributed by atoms with Gasteiger partial charge in [-0.25, -0.2) is 0 Å². The highest BCUT2D eigenvalue weighted by molar-refractivity contribution is 6.33. The number of nitrogens with one attached hydrogen (secondary N) is 2. The van der Waals surface area contributed by atoms with Crippen LogP contribution in [-0.2, 0) is 6.18 Å². The molecule has 1 aliphatic rings. The quantitative estimate of drug-likeness (QED) is 0.339. The highest BCUT2D eigenvalue weighted by atomic mass is 35.5. The maximum absolute atomic E-state index is 13.0. The van der Waals surface area contributed by atoms with Gasteiger partial charge in [-0.05, 0) is 61.8 Å². The van der Waals surface area contributed by atoms with Crippen LogP contribution in [0.4, 0.5) is 19.0 Å². The van der Waals surface area contributed by atoms with Crippen molar-refractivity contribution in [1.29, 1.82) is 0 Å². The van der Waals surface area contributed by atoms with E-state index in [1.807, 2.05) is 30.3 Å². The smallest absolute Gasteiger partial charge is 0.355 e. The lowest BCUT2D eigenvalue weighted by Gasteiger charge is -2.33. The molecule has 2 N–H and O–H groups in total. The van der Waals surface area contributed by atoms with Gasteiger partial charge in [-0.1, -0.05) is 48.9 Å². The first-order chi connectivity index (χ1) is 17.2. The van der Waals surface area contributed by atoms with Crippen molar-refractivity contribution in [3.63, 3.8) is 0 Å². The Labute approximate surface area is 214 Å². The van der Waals surface area contributed by atoms with Crippen molar-refractivity contribution in [3.8, 4) is 11.3 Å². The molecule has 1 saturated carbocycles. The number of carbonyl (C=O) groups excluding carboxylic acids is 1. The van der Waals surface area contributed by atoms with Crippen LogP contribution in [0.1, 0.15) is 54.9 Å². The molecule has 192 valence electrons. The monoisotopic (exact) mass is 518 g/mol. The molecule has 36 heavy (non-hydrogen) atoms. The van der Waals surface area contributed by atoms with Crippen molar-refractivity contribution >= 4 is 23.3 Å². The molecular weight excluding hydrogens is 489 g/mol. The molecule has 2 aromatic carbocycles. The second kappa shape index (κ2) is 11.4. The van der Waals surface area contributed by atoms with Crippen LogP contribution in [0.2, 0.25) is 5.02 Å². The fraction of sp³-hybridized carbons (Fsp3) is 0.407. The first-order valence-corrected chi connectivity index (χ1v) is 12.7. The van der Waals surface area contributed by atoms with E-state index in [1.165, 1.54) is 0 Å². The zero-order chi connectivity index (χ0) is 25.7. The zero-order valence-corrected chi connectivity index (χ0v) is 20.9. The molecular formula is C27H30ClF3N4O. The summed E-state index contributed by atoms with van der Waals surface area (Å²) in [6.07, 6.45) is -0.171. The van der Waals surface area contributed by atoms with E-state index in [1.54, 1.807) is 0 Å². The van der Waals surface area contributed by atoms with Gasteiger partial charge < -0.3 is 10.2 Å². The number of aromatic nitrogens is 2. The summed E-state index contributed by atoms with van der Waals surface area (Å²) < 4.78 is 39.1. The summed E-state index contributed by atoms with van der Waals surface area (Å²) in [5.74, 6) is 0.802. The number of carbonyl (C=O) groups is 1. The maximum atomic E-state index is 13.0. The Morgan fingerprint density at radius 1 is 1.11 bits per heavy atom. The number of hydrogen-bond acceptors (Lipinski definition) is 3. The summed E-state index contributed by atoms with van der Waals surface area (Å²) in [7, 11) is 0. The van der Waals surface area contributed by atoms with Gasteiger partial charge in [0, 0.05) is 25.2 Å². The Hall–Kier alpha value is -3.00. The summed E-state index contributed by atoms with van der Waals surface area (Å²) in [5, 5.41) is 10.6. The minimum Gasteiger partial charge on any atom is -0.355 e. The van der Waals surface area contributed by atoms with Gasteiger partial charge >= 0.3 is 6.18 Å². The number of amides is 1. The Kier molecular flexibility index (Phi) is 8.24. The third-order valence-electron chi connectivity index (χ3n) is 6.67. The Bertz CT molecular complexity index is 1160. The van der Waals surface area contributed by atoms with Crippen LogP contribution in [0.25, 0.3) is 11.3 Å². The van der Waals surface area contributed by atoms with Gasteiger partial charge in [0.2, 0.25) is 0 Å². The second-order valence-electron chi connectivity index (χ2n) is 9.34. The minimum absolute atomic E-state index is 0.0123. The number of rotatable bonds is 8. The number of benzene rings is 2. The van der Waals surface area contributed by atoms with Crippen LogP contribution >= 0.6 is 11.6 Å². The van der Waals surface area contributed by atoms with Gasteiger partial charge in [-0.3, -0.25) is 9.89 Å². The Morgan fingerprint density at radius 3 is 2.50 bits per heavy atom. The van der Waals surface area contributed by atoms with Gasteiger partial charge in [0.25, 0.3) is 5.91 Å². The lowest BCUT2D eigenvalue weighted by Crippen LogP contribution is -2.40. The molecule has 0 unspecified atom stereocenters. The molecule has 1 aromatic heterocycles. The zero-order valence-electron chi connectivity index (χ0n) is 20.1. The number of alkyl halides is 3. The second-order valence-corrected chi connectivity index (χ2v) is 9.74. The number of aromatic amines is 1. The fourth-order valence-electron chi connectivity index (χ4n) is 4.75. The van der Waals surface area contributed by atoms with Crippen LogP contribution in [0, 0.1) is 5.92 Å². The summed E-state index contributed by atoms with van der Waals surface area (Å²) in [4.78, 5) is 15.0. The molecule has 0 radical (unpaired) electrons. The van der Waals surface area contributed by atoms with E-state index >= 15 is 0 Å². The SMILES string of the molecule is CCCN(CC1CCC(NC(=O)c2cc(C(F)(F)F)ccc2Cl)CC1)c1cc(-c2ccccc2)[nH]n1. The van der Waals surface area contributed by atoms with Crippen molar-refractivity contribution in [1.82, 2.24) is 15.5 Å². The molecule has 1 amide bonds. The summed E-state index contributed by atoms with van der Waals surface area (Å²) >= 11 is 6.03. The minimum atomic E-state index is -4.53. The van der Waals surface area contributed by atoms with E-state index in [4.69, 9.17) is 11.6 Å². The summed E-state index contributed by atoms with van der Waals surface area (Å²) in [6, 6.07) is 14.9. The first kappa shape index (κ1) is 26.1. The first-order valence-electron chi connectivity index (χ1n) is 12.3. The van der Waals surface area contributed by atoms with E-state index in [0.717, 1.165) is 80.5 Å². The van der Waals surface area contributed by atoms with Gasteiger partial charge in [-0.15, -0.1) is 0 Å². The molecule has 0 atom stereocenters.